The molecule has 2 rings (SSSR count). The van der Waals surface area contributed by atoms with Gasteiger partial charge in [-0.15, -0.1) is 0 Å². The zero-order valence-corrected chi connectivity index (χ0v) is 9.09. The molecular formula is C11H14N2O3. The maximum Gasteiger partial charge on any atom is 0.337 e. The van der Waals surface area contributed by atoms with Gasteiger partial charge in [-0.2, -0.15) is 0 Å². The number of carboxylic acids is 1. The second-order valence-electron chi connectivity index (χ2n) is 3.83. The van der Waals surface area contributed by atoms with E-state index in [2.05, 4.69) is 4.98 Å². The van der Waals surface area contributed by atoms with Gasteiger partial charge in [0.2, 0.25) is 0 Å². The van der Waals surface area contributed by atoms with Gasteiger partial charge in [-0.3, -0.25) is 4.98 Å². The molecule has 0 aromatic carbocycles. The van der Waals surface area contributed by atoms with Gasteiger partial charge >= 0.3 is 5.97 Å². The van der Waals surface area contributed by atoms with E-state index in [1.807, 2.05) is 11.8 Å². The fourth-order valence-electron chi connectivity index (χ4n) is 1.86. The molecule has 16 heavy (non-hydrogen) atoms. The van der Waals surface area contributed by atoms with Gasteiger partial charge in [0.05, 0.1) is 30.2 Å². The zero-order chi connectivity index (χ0) is 11.5. The molecule has 1 saturated heterocycles. The van der Waals surface area contributed by atoms with Gasteiger partial charge in [0.1, 0.15) is 0 Å². The van der Waals surface area contributed by atoms with Crippen molar-refractivity contribution in [2.24, 2.45) is 0 Å². The van der Waals surface area contributed by atoms with Crippen LogP contribution in [-0.4, -0.2) is 41.9 Å². The number of hydrogen-bond acceptors (Lipinski definition) is 4. The number of morpholine rings is 1. The topological polar surface area (TPSA) is 62.7 Å². The number of aromatic carboxylic acids is 1. The smallest absolute Gasteiger partial charge is 0.337 e. The molecule has 0 aliphatic carbocycles. The fraction of sp³-hybridized carbons (Fsp3) is 0.455. The highest BCUT2D eigenvalue weighted by Gasteiger charge is 2.21. The molecule has 1 aliphatic heterocycles. The molecule has 1 aromatic heterocycles. The maximum atomic E-state index is 11.1. The summed E-state index contributed by atoms with van der Waals surface area (Å²) in [5, 5.41) is 9.08. The lowest BCUT2D eigenvalue weighted by molar-refractivity contribution is 0.0527. The number of rotatable bonds is 2. The summed E-state index contributed by atoms with van der Waals surface area (Å²) in [5.74, 6) is -0.920. The number of carbonyl (C=O) groups is 1. The summed E-state index contributed by atoms with van der Waals surface area (Å²) in [6.45, 7) is 4.00. The lowest BCUT2D eigenvalue weighted by atomic mass is 10.2. The number of hydrogen-bond donors (Lipinski definition) is 1. The average molecular weight is 222 g/mol. The molecule has 86 valence electrons. The average Bonchev–Trinajstić information content (AvgIpc) is 2.29. The van der Waals surface area contributed by atoms with E-state index in [4.69, 9.17) is 9.84 Å². The van der Waals surface area contributed by atoms with Gasteiger partial charge in [0.25, 0.3) is 0 Å². The van der Waals surface area contributed by atoms with Crippen LogP contribution in [0.2, 0.25) is 0 Å². The summed E-state index contributed by atoms with van der Waals surface area (Å²) in [5.41, 5.74) is 0.967. The van der Waals surface area contributed by atoms with Crippen LogP contribution in [0.4, 0.5) is 5.69 Å². The minimum Gasteiger partial charge on any atom is -0.478 e. The van der Waals surface area contributed by atoms with Crippen LogP contribution in [0.15, 0.2) is 18.5 Å². The van der Waals surface area contributed by atoms with E-state index in [9.17, 15) is 4.79 Å². The molecule has 0 radical (unpaired) electrons. The first-order valence-electron chi connectivity index (χ1n) is 5.22. The quantitative estimate of drug-likeness (QED) is 0.809. The summed E-state index contributed by atoms with van der Waals surface area (Å²) in [6, 6.07) is 1.53. The van der Waals surface area contributed by atoms with E-state index >= 15 is 0 Å². The second-order valence-corrected chi connectivity index (χ2v) is 3.83. The summed E-state index contributed by atoms with van der Waals surface area (Å²) >= 11 is 0. The fourth-order valence-corrected chi connectivity index (χ4v) is 1.86. The Morgan fingerprint density at radius 3 is 3.19 bits per heavy atom. The van der Waals surface area contributed by atoms with E-state index in [1.54, 1.807) is 6.20 Å². The number of pyridine rings is 1. The molecule has 1 N–H and O–H groups in total. The number of nitrogens with zero attached hydrogens (tertiary/aromatic N) is 2. The molecule has 1 aliphatic rings. The van der Waals surface area contributed by atoms with Crippen LogP contribution in [0, 0.1) is 0 Å². The van der Waals surface area contributed by atoms with Crippen LogP contribution in [0.25, 0.3) is 0 Å². The van der Waals surface area contributed by atoms with Crippen LogP contribution < -0.4 is 4.90 Å². The molecule has 1 atom stereocenters. The predicted octanol–water partition coefficient (Wildman–Crippen LogP) is 1.00. The van der Waals surface area contributed by atoms with Crippen molar-refractivity contribution in [3.8, 4) is 0 Å². The van der Waals surface area contributed by atoms with E-state index in [1.165, 1.54) is 12.3 Å². The summed E-state index contributed by atoms with van der Waals surface area (Å²) in [7, 11) is 0. The maximum absolute atomic E-state index is 11.1. The van der Waals surface area contributed by atoms with Crippen molar-refractivity contribution in [1.29, 1.82) is 0 Å². The highest BCUT2D eigenvalue weighted by atomic mass is 16.5. The highest BCUT2D eigenvalue weighted by Crippen LogP contribution is 2.21. The van der Waals surface area contributed by atoms with Gasteiger partial charge in [0.15, 0.2) is 0 Å². The van der Waals surface area contributed by atoms with Gasteiger partial charge in [-0.1, -0.05) is 0 Å². The Hall–Kier alpha value is -1.62. The zero-order valence-electron chi connectivity index (χ0n) is 9.09. The first-order valence-corrected chi connectivity index (χ1v) is 5.22. The Balaban J connectivity index is 2.28. The molecule has 5 nitrogen and oxygen atoms in total. The Kier molecular flexibility index (Phi) is 3.05. The largest absolute Gasteiger partial charge is 0.478 e. The van der Waals surface area contributed by atoms with Crippen molar-refractivity contribution in [1.82, 2.24) is 4.98 Å². The predicted molar refractivity (Wildman–Crippen MR) is 58.8 cm³/mol. The minimum atomic E-state index is -0.920. The van der Waals surface area contributed by atoms with Crippen LogP contribution >= 0.6 is 0 Å². The third-order valence-electron chi connectivity index (χ3n) is 2.61. The van der Waals surface area contributed by atoms with Crippen LogP contribution in [0.3, 0.4) is 0 Å². The third kappa shape index (κ3) is 2.14. The first kappa shape index (κ1) is 10.9. The SMILES string of the molecule is CC1CN(c2cnccc2C(=O)O)CCO1. The van der Waals surface area contributed by atoms with Crippen molar-refractivity contribution in [3.63, 3.8) is 0 Å². The van der Waals surface area contributed by atoms with E-state index in [0.29, 0.717) is 30.9 Å². The van der Waals surface area contributed by atoms with Crippen molar-refractivity contribution >= 4 is 11.7 Å². The molecular weight excluding hydrogens is 208 g/mol. The van der Waals surface area contributed by atoms with Crippen molar-refractivity contribution in [2.45, 2.75) is 13.0 Å². The Labute approximate surface area is 93.7 Å². The summed E-state index contributed by atoms with van der Waals surface area (Å²) in [6.07, 6.45) is 3.22. The monoisotopic (exact) mass is 222 g/mol. The summed E-state index contributed by atoms with van der Waals surface area (Å²) in [4.78, 5) is 17.0. The molecule has 0 amide bonds. The number of ether oxygens (including phenoxy) is 1. The molecule has 5 heteroatoms. The van der Waals surface area contributed by atoms with E-state index in [-0.39, 0.29) is 6.10 Å². The van der Waals surface area contributed by atoms with Gasteiger partial charge < -0.3 is 14.7 Å². The highest BCUT2D eigenvalue weighted by molar-refractivity contribution is 5.94. The minimum absolute atomic E-state index is 0.121. The molecule has 2 heterocycles. The van der Waals surface area contributed by atoms with Crippen LogP contribution in [0.5, 0.6) is 0 Å². The number of aromatic nitrogens is 1. The third-order valence-corrected chi connectivity index (χ3v) is 2.61. The van der Waals surface area contributed by atoms with Crippen molar-refractivity contribution < 1.29 is 14.6 Å². The van der Waals surface area contributed by atoms with Crippen molar-refractivity contribution in [2.75, 3.05) is 24.6 Å². The molecule has 1 fully saturated rings. The van der Waals surface area contributed by atoms with Gasteiger partial charge in [-0.05, 0) is 13.0 Å². The van der Waals surface area contributed by atoms with E-state index in [0.717, 1.165) is 0 Å². The Morgan fingerprint density at radius 1 is 1.69 bits per heavy atom. The van der Waals surface area contributed by atoms with Gasteiger partial charge in [0, 0.05) is 19.3 Å². The Bertz CT molecular complexity index is 395. The molecule has 0 spiro atoms. The normalized spacial score (nSPS) is 20.8. The Morgan fingerprint density at radius 2 is 2.50 bits per heavy atom. The number of anilines is 1. The summed E-state index contributed by atoms with van der Waals surface area (Å²) < 4.78 is 5.42. The lowest BCUT2D eigenvalue weighted by Crippen LogP contribution is -2.41. The van der Waals surface area contributed by atoms with Gasteiger partial charge in [-0.25, -0.2) is 4.79 Å². The van der Waals surface area contributed by atoms with Crippen LogP contribution in [-0.2, 0) is 4.74 Å². The molecule has 0 saturated carbocycles. The second kappa shape index (κ2) is 4.49. The standard InChI is InChI=1S/C11H14N2O3/c1-8-7-13(4-5-16-8)10-6-12-3-2-9(10)11(14)15/h2-3,6,8H,4-5,7H2,1H3,(H,14,15). The number of carboxylic acid groups (broad SMARTS) is 1. The molecule has 1 aromatic rings. The van der Waals surface area contributed by atoms with Crippen LogP contribution in [0.1, 0.15) is 17.3 Å². The molecule has 1 unspecified atom stereocenters. The lowest BCUT2D eigenvalue weighted by Gasteiger charge is -2.33. The molecule has 0 bridgehead atoms. The van der Waals surface area contributed by atoms with Crippen molar-refractivity contribution in [3.05, 3.63) is 24.0 Å². The first-order chi connectivity index (χ1) is 7.68. The van der Waals surface area contributed by atoms with E-state index < -0.39 is 5.97 Å².